The molecule has 2 N–H and O–H groups in total. The van der Waals surface area contributed by atoms with E-state index in [2.05, 4.69) is 4.98 Å². The number of halogens is 1. The molecule has 82 valence electrons. The Bertz CT molecular complexity index is 583. The molecule has 2 aromatic rings. The van der Waals surface area contributed by atoms with Gasteiger partial charge in [0.05, 0.1) is 11.3 Å². The van der Waals surface area contributed by atoms with Crippen LogP contribution in [0.1, 0.15) is 10.4 Å². The summed E-state index contributed by atoms with van der Waals surface area (Å²) in [7, 11) is 0. The van der Waals surface area contributed by atoms with Crippen molar-refractivity contribution >= 4 is 17.6 Å². The zero-order valence-corrected chi connectivity index (χ0v) is 8.73. The molecule has 0 radical (unpaired) electrons. The second-order valence-electron chi connectivity index (χ2n) is 3.10. The second-order valence-corrected chi connectivity index (χ2v) is 3.49. The zero-order valence-electron chi connectivity index (χ0n) is 7.98. The second kappa shape index (κ2) is 3.86. The van der Waals surface area contributed by atoms with E-state index in [1.165, 1.54) is 35.0 Å². The Balaban J connectivity index is 2.50. The van der Waals surface area contributed by atoms with E-state index in [1.807, 2.05) is 0 Å². The largest absolute Gasteiger partial charge is 0.478 e. The number of nitrogens with zero attached hydrogens (tertiary/aromatic N) is 1. The average Bonchev–Trinajstić information content (AvgIpc) is 2.59. The van der Waals surface area contributed by atoms with Crippen LogP contribution in [-0.2, 0) is 0 Å². The monoisotopic (exact) mass is 238 g/mol. The Morgan fingerprint density at radius 2 is 1.94 bits per heavy atom. The number of hydrogen-bond acceptors (Lipinski definition) is 2. The van der Waals surface area contributed by atoms with Gasteiger partial charge in [-0.2, -0.15) is 0 Å². The lowest BCUT2D eigenvalue weighted by atomic mass is 10.2. The highest BCUT2D eigenvalue weighted by atomic mass is 35.5. The molecule has 0 amide bonds. The van der Waals surface area contributed by atoms with E-state index < -0.39 is 5.97 Å². The molecule has 6 heteroatoms. The molecule has 5 nitrogen and oxygen atoms in total. The van der Waals surface area contributed by atoms with E-state index in [1.54, 1.807) is 0 Å². The molecule has 0 aliphatic heterocycles. The van der Waals surface area contributed by atoms with Gasteiger partial charge in [-0.1, -0.05) is 11.6 Å². The first kappa shape index (κ1) is 10.5. The van der Waals surface area contributed by atoms with Crippen molar-refractivity contribution in [3.8, 4) is 5.69 Å². The van der Waals surface area contributed by atoms with Crippen LogP contribution in [0.3, 0.4) is 0 Å². The summed E-state index contributed by atoms with van der Waals surface area (Å²) in [6.07, 6.45) is 1.37. The van der Waals surface area contributed by atoms with Crippen molar-refractivity contribution in [3.63, 3.8) is 0 Å². The number of carboxylic acids is 1. The first-order valence-electron chi connectivity index (χ1n) is 4.39. The summed E-state index contributed by atoms with van der Waals surface area (Å²) in [4.78, 5) is 24.4. The number of aromatic nitrogens is 2. The predicted octanol–water partition coefficient (Wildman–Crippen LogP) is 1.52. The quantitative estimate of drug-likeness (QED) is 0.833. The van der Waals surface area contributed by atoms with Gasteiger partial charge in [0, 0.05) is 6.20 Å². The highest BCUT2D eigenvalue weighted by molar-refractivity contribution is 6.29. The molecule has 0 unspecified atom stereocenters. The number of nitrogens with one attached hydrogen (secondary N) is 1. The molecule has 16 heavy (non-hydrogen) atoms. The lowest BCUT2D eigenvalue weighted by Gasteiger charge is -2.02. The van der Waals surface area contributed by atoms with Crippen LogP contribution < -0.4 is 5.69 Å². The molecule has 0 bridgehead atoms. The Morgan fingerprint density at radius 1 is 1.31 bits per heavy atom. The summed E-state index contributed by atoms with van der Waals surface area (Å²) in [5.74, 6) is -1.01. The van der Waals surface area contributed by atoms with E-state index in [9.17, 15) is 9.59 Å². The summed E-state index contributed by atoms with van der Waals surface area (Å²) >= 11 is 5.80. The molecular weight excluding hydrogens is 232 g/mol. The van der Waals surface area contributed by atoms with Crippen LogP contribution in [0.5, 0.6) is 0 Å². The number of carbonyl (C=O) groups is 1. The zero-order chi connectivity index (χ0) is 11.7. The average molecular weight is 239 g/mol. The van der Waals surface area contributed by atoms with Crippen molar-refractivity contribution in [2.75, 3.05) is 0 Å². The van der Waals surface area contributed by atoms with Crippen LogP contribution in [0.2, 0.25) is 5.15 Å². The molecule has 0 saturated heterocycles. The third kappa shape index (κ3) is 1.72. The Hall–Kier alpha value is -2.01. The number of rotatable bonds is 2. The van der Waals surface area contributed by atoms with E-state index in [0.717, 1.165) is 0 Å². The van der Waals surface area contributed by atoms with Crippen molar-refractivity contribution in [1.82, 2.24) is 9.55 Å². The molecule has 1 aromatic carbocycles. The Labute approximate surface area is 94.9 Å². The fourth-order valence-electron chi connectivity index (χ4n) is 1.34. The minimum absolute atomic E-state index is 0.156. The van der Waals surface area contributed by atoms with Crippen LogP contribution in [0, 0.1) is 0 Å². The first-order chi connectivity index (χ1) is 7.59. The van der Waals surface area contributed by atoms with Gasteiger partial charge in [-0.3, -0.25) is 4.57 Å². The van der Waals surface area contributed by atoms with Gasteiger partial charge in [-0.25, -0.2) is 9.59 Å². The summed E-state index contributed by atoms with van der Waals surface area (Å²) in [6, 6.07) is 5.86. The highest BCUT2D eigenvalue weighted by Gasteiger charge is 2.07. The summed E-state index contributed by atoms with van der Waals surface area (Å²) in [6.45, 7) is 0. The molecule has 2 rings (SSSR count). The van der Waals surface area contributed by atoms with Crippen molar-refractivity contribution in [2.24, 2.45) is 0 Å². The number of hydrogen-bond donors (Lipinski definition) is 2. The molecule has 0 atom stereocenters. The fraction of sp³-hybridized carbons (Fsp3) is 0. The molecule has 1 heterocycles. The van der Waals surface area contributed by atoms with Crippen LogP contribution in [-0.4, -0.2) is 20.6 Å². The number of carboxylic acid groups (broad SMARTS) is 1. The van der Waals surface area contributed by atoms with Crippen LogP contribution in [0.4, 0.5) is 0 Å². The number of benzene rings is 1. The molecule has 0 fully saturated rings. The predicted molar refractivity (Wildman–Crippen MR) is 58.4 cm³/mol. The van der Waals surface area contributed by atoms with Gasteiger partial charge in [0.15, 0.2) is 0 Å². The van der Waals surface area contributed by atoms with Crippen LogP contribution in [0.15, 0.2) is 35.3 Å². The molecule has 1 aromatic heterocycles. The Kier molecular flexibility index (Phi) is 2.54. The van der Waals surface area contributed by atoms with E-state index in [4.69, 9.17) is 16.7 Å². The van der Waals surface area contributed by atoms with Crippen molar-refractivity contribution in [1.29, 1.82) is 0 Å². The van der Waals surface area contributed by atoms with Crippen molar-refractivity contribution < 1.29 is 9.90 Å². The van der Waals surface area contributed by atoms with Crippen LogP contribution >= 0.6 is 11.6 Å². The smallest absolute Gasteiger partial charge is 0.335 e. The molecule has 0 aliphatic rings. The number of imidazole rings is 1. The van der Waals surface area contributed by atoms with Crippen molar-refractivity contribution in [3.05, 3.63) is 51.7 Å². The van der Waals surface area contributed by atoms with Gasteiger partial charge in [-0.05, 0) is 24.3 Å². The normalized spacial score (nSPS) is 10.3. The van der Waals surface area contributed by atoms with Gasteiger partial charge in [-0.15, -0.1) is 0 Å². The van der Waals surface area contributed by atoms with Gasteiger partial charge in [0.2, 0.25) is 0 Å². The Morgan fingerprint density at radius 3 is 2.38 bits per heavy atom. The summed E-state index contributed by atoms with van der Waals surface area (Å²) in [5.41, 5.74) is 0.304. The maximum absolute atomic E-state index is 11.4. The molecule has 0 saturated carbocycles. The highest BCUT2D eigenvalue weighted by Crippen LogP contribution is 2.13. The SMILES string of the molecule is O=C(O)c1ccc(-n2c(Cl)c[nH]c2=O)cc1. The number of aromatic amines is 1. The summed E-state index contributed by atoms with van der Waals surface area (Å²) < 4.78 is 1.24. The molecule has 0 spiro atoms. The molecular formula is C10H7ClN2O3. The lowest BCUT2D eigenvalue weighted by Crippen LogP contribution is -2.14. The number of aromatic carboxylic acids is 1. The van der Waals surface area contributed by atoms with Crippen molar-refractivity contribution in [2.45, 2.75) is 0 Å². The van der Waals surface area contributed by atoms with E-state index >= 15 is 0 Å². The minimum Gasteiger partial charge on any atom is -0.478 e. The topological polar surface area (TPSA) is 75.1 Å². The van der Waals surface area contributed by atoms with Crippen LogP contribution in [0.25, 0.3) is 5.69 Å². The maximum atomic E-state index is 11.4. The standard InChI is InChI=1S/C10H7ClN2O3/c11-8-5-12-10(16)13(8)7-3-1-6(2-4-7)9(14)15/h1-5H,(H,12,16)(H,14,15). The van der Waals surface area contributed by atoms with E-state index in [0.29, 0.717) is 5.69 Å². The van der Waals surface area contributed by atoms with Gasteiger partial charge < -0.3 is 10.1 Å². The lowest BCUT2D eigenvalue weighted by molar-refractivity contribution is 0.0697. The minimum atomic E-state index is -1.01. The van der Waals surface area contributed by atoms with Gasteiger partial charge >= 0.3 is 11.7 Å². The first-order valence-corrected chi connectivity index (χ1v) is 4.77. The van der Waals surface area contributed by atoms with Gasteiger partial charge in [0.25, 0.3) is 0 Å². The molecule has 0 aliphatic carbocycles. The summed E-state index contributed by atoms with van der Waals surface area (Å²) in [5, 5.41) is 8.96. The third-order valence-corrected chi connectivity index (χ3v) is 2.38. The number of H-pyrrole nitrogens is 1. The third-order valence-electron chi connectivity index (χ3n) is 2.10. The van der Waals surface area contributed by atoms with Gasteiger partial charge in [0.1, 0.15) is 5.15 Å². The fourth-order valence-corrected chi connectivity index (χ4v) is 1.57. The maximum Gasteiger partial charge on any atom is 0.335 e. The van der Waals surface area contributed by atoms with E-state index in [-0.39, 0.29) is 16.4 Å².